The first kappa shape index (κ1) is 19.4. The van der Waals surface area contributed by atoms with Crippen molar-refractivity contribution in [1.29, 1.82) is 0 Å². The first-order chi connectivity index (χ1) is 13.9. The lowest BCUT2D eigenvalue weighted by Gasteiger charge is -2.18. The Kier molecular flexibility index (Phi) is 4.99. The van der Waals surface area contributed by atoms with Gasteiger partial charge in [-0.25, -0.2) is 4.57 Å². The molecule has 0 aliphatic rings. The molecule has 0 bridgehead atoms. The summed E-state index contributed by atoms with van der Waals surface area (Å²) in [5.74, 6) is 2.10. The summed E-state index contributed by atoms with van der Waals surface area (Å²) in [6.07, 6.45) is 8.19. The molecular weight excluding hydrogens is 354 g/mol. The first-order valence-corrected chi connectivity index (χ1v) is 10.4. The van der Waals surface area contributed by atoms with Gasteiger partial charge in [0.15, 0.2) is 0 Å². The monoisotopic (exact) mass is 384 g/mol. The molecule has 4 aromatic rings. The average Bonchev–Trinajstić information content (AvgIpc) is 3.08. The van der Waals surface area contributed by atoms with E-state index in [9.17, 15) is 0 Å². The van der Waals surface area contributed by atoms with Crippen LogP contribution in [0.25, 0.3) is 27.8 Å². The maximum Gasteiger partial charge on any atom is 0.294 e. The Bertz CT molecular complexity index is 1160. The molecule has 0 spiro atoms. The predicted octanol–water partition coefficient (Wildman–Crippen LogP) is 6.07. The summed E-state index contributed by atoms with van der Waals surface area (Å²) in [6, 6.07) is 13.3. The van der Waals surface area contributed by atoms with E-state index in [1.54, 1.807) is 0 Å². The lowest BCUT2D eigenvalue weighted by molar-refractivity contribution is -0.659. The molecular formula is C26H30N3+. The molecule has 2 aromatic carbocycles. The van der Waals surface area contributed by atoms with Crippen LogP contribution in [0.4, 0.5) is 0 Å². The molecule has 0 atom stereocenters. The second-order valence-corrected chi connectivity index (χ2v) is 8.53. The topological polar surface area (TPSA) is 21.7 Å². The van der Waals surface area contributed by atoms with E-state index in [1.807, 2.05) is 12.4 Å². The van der Waals surface area contributed by atoms with Crippen molar-refractivity contribution >= 4 is 10.8 Å². The molecule has 0 radical (unpaired) electrons. The Morgan fingerprint density at radius 2 is 1.62 bits per heavy atom. The molecule has 29 heavy (non-hydrogen) atoms. The summed E-state index contributed by atoms with van der Waals surface area (Å²) in [5, 5.41) is 2.44. The number of aromatic nitrogens is 3. The fourth-order valence-corrected chi connectivity index (χ4v) is 4.32. The molecule has 0 unspecified atom stereocenters. The molecule has 0 saturated carbocycles. The van der Waals surface area contributed by atoms with E-state index >= 15 is 0 Å². The van der Waals surface area contributed by atoms with E-state index in [4.69, 9.17) is 0 Å². The van der Waals surface area contributed by atoms with Gasteiger partial charge in [0.2, 0.25) is 0 Å². The quantitative estimate of drug-likeness (QED) is 0.391. The fourth-order valence-electron chi connectivity index (χ4n) is 4.32. The van der Waals surface area contributed by atoms with Gasteiger partial charge in [-0.3, -0.25) is 4.98 Å². The number of pyridine rings is 1. The molecule has 2 aromatic heterocycles. The summed E-state index contributed by atoms with van der Waals surface area (Å²) in [6.45, 7) is 11.3. The molecule has 3 heteroatoms. The van der Waals surface area contributed by atoms with Crippen LogP contribution < -0.4 is 4.57 Å². The van der Waals surface area contributed by atoms with Gasteiger partial charge in [0.05, 0.1) is 12.6 Å². The number of nitrogens with zero attached hydrogens (tertiary/aromatic N) is 3. The number of imidazole rings is 1. The molecule has 4 rings (SSSR count). The van der Waals surface area contributed by atoms with Gasteiger partial charge in [0.25, 0.3) is 5.82 Å². The molecule has 0 aliphatic carbocycles. The third-order valence-corrected chi connectivity index (χ3v) is 5.92. The van der Waals surface area contributed by atoms with Gasteiger partial charge in [0.1, 0.15) is 18.1 Å². The summed E-state index contributed by atoms with van der Waals surface area (Å²) in [4.78, 5) is 4.36. The Balaban J connectivity index is 2.04. The van der Waals surface area contributed by atoms with Crippen LogP contribution in [0.2, 0.25) is 0 Å². The Hall–Kier alpha value is -2.94. The molecule has 0 amide bonds. The minimum Gasteiger partial charge on any atom is -0.264 e. The molecule has 0 saturated heterocycles. The van der Waals surface area contributed by atoms with Crippen molar-refractivity contribution in [3.05, 3.63) is 77.9 Å². The van der Waals surface area contributed by atoms with Gasteiger partial charge < -0.3 is 0 Å². The Morgan fingerprint density at radius 3 is 2.28 bits per heavy atom. The van der Waals surface area contributed by atoms with Crippen LogP contribution in [0, 0.1) is 6.92 Å². The zero-order valence-corrected chi connectivity index (χ0v) is 18.3. The fraction of sp³-hybridized carbons (Fsp3) is 0.308. The highest BCUT2D eigenvalue weighted by Gasteiger charge is 2.27. The van der Waals surface area contributed by atoms with Crippen LogP contribution in [0.1, 0.15) is 56.2 Å². The summed E-state index contributed by atoms with van der Waals surface area (Å²) in [5.41, 5.74) is 6.59. The second-order valence-electron chi connectivity index (χ2n) is 8.53. The van der Waals surface area contributed by atoms with Gasteiger partial charge in [-0.05, 0) is 41.8 Å². The highest BCUT2D eigenvalue weighted by molar-refractivity contribution is 5.89. The normalized spacial score (nSPS) is 11.7. The van der Waals surface area contributed by atoms with Crippen LogP contribution in [-0.4, -0.2) is 9.55 Å². The molecule has 3 nitrogen and oxygen atoms in total. The number of fused-ring (bicyclic) bond motifs is 1. The van der Waals surface area contributed by atoms with Crippen LogP contribution in [0.3, 0.4) is 0 Å². The lowest BCUT2D eigenvalue weighted by Crippen LogP contribution is -2.29. The van der Waals surface area contributed by atoms with E-state index in [1.165, 1.54) is 44.5 Å². The van der Waals surface area contributed by atoms with Gasteiger partial charge >= 0.3 is 0 Å². The smallest absolute Gasteiger partial charge is 0.264 e. The van der Waals surface area contributed by atoms with Crippen molar-refractivity contribution in [1.82, 2.24) is 9.55 Å². The van der Waals surface area contributed by atoms with Crippen molar-refractivity contribution in [3.8, 4) is 17.1 Å². The van der Waals surface area contributed by atoms with E-state index < -0.39 is 0 Å². The van der Waals surface area contributed by atoms with E-state index in [0.29, 0.717) is 11.8 Å². The van der Waals surface area contributed by atoms with Crippen molar-refractivity contribution < 1.29 is 4.57 Å². The van der Waals surface area contributed by atoms with E-state index in [-0.39, 0.29) is 0 Å². The van der Waals surface area contributed by atoms with E-state index in [0.717, 1.165) is 0 Å². The maximum absolute atomic E-state index is 4.36. The Morgan fingerprint density at radius 1 is 0.931 bits per heavy atom. The average molecular weight is 385 g/mol. The number of hydrogen-bond donors (Lipinski definition) is 0. The van der Waals surface area contributed by atoms with Crippen molar-refractivity contribution in [2.45, 2.75) is 46.5 Å². The minimum atomic E-state index is 0.450. The third-order valence-electron chi connectivity index (χ3n) is 5.92. The highest BCUT2D eigenvalue weighted by Crippen LogP contribution is 2.35. The van der Waals surface area contributed by atoms with Crippen molar-refractivity contribution in [2.24, 2.45) is 7.05 Å². The second kappa shape index (κ2) is 7.47. The first-order valence-electron chi connectivity index (χ1n) is 10.4. The molecule has 0 aliphatic heterocycles. The zero-order valence-electron chi connectivity index (χ0n) is 18.3. The van der Waals surface area contributed by atoms with Crippen LogP contribution >= 0.6 is 0 Å². The van der Waals surface area contributed by atoms with Crippen LogP contribution in [0.5, 0.6) is 0 Å². The number of para-hydroxylation sites is 1. The zero-order chi connectivity index (χ0) is 20.7. The van der Waals surface area contributed by atoms with Crippen molar-refractivity contribution in [2.75, 3.05) is 0 Å². The number of aryl methyl sites for hydroxylation is 2. The molecule has 148 valence electrons. The molecule has 2 heterocycles. The minimum absolute atomic E-state index is 0.450. The summed E-state index contributed by atoms with van der Waals surface area (Å²) in [7, 11) is 2.13. The van der Waals surface area contributed by atoms with Crippen LogP contribution in [-0.2, 0) is 7.05 Å². The van der Waals surface area contributed by atoms with Gasteiger partial charge in [-0.15, -0.1) is 0 Å². The third kappa shape index (κ3) is 3.25. The summed E-state index contributed by atoms with van der Waals surface area (Å²) >= 11 is 0. The summed E-state index contributed by atoms with van der Waals surface area (Å²) < 4.78 is 4.61. The number of rotatable bonds is 4. The number of hydrogen-bond acceptors (Lipinski definition) is 1. The van der Waals surface area contributed by atoms with Gasteiger partial charge in [-0.2, -0.15) is 4.57 Å². The van der Waals surface area contributed by atoms with E-state index in [2.05, 4.69) is 105 Å². The Labute approximate surface area is 173 Å². The van der Waals surface area contributed by atoms with Crippen molar-refractivity contribution in [3.63, 3.8) is 0 Å². The standard InChI is InChI=1S/C26H30N3/c1-17(2)21-8-7-9-22(18(3)4)25(21)29-15-14-28(6)26(29)23-11-10-20-12-13-27-16-24(20)19(23)5/h7-18H,1-6H3/q+1. The highest BCUT2D eigenvalue weighted by atomic mass is 15.1. The molecule has 0 fully saturated rings. The largest absolute Gasteiger partial charge is 0.294 e. The lowest BCUT2D eigenvalue weighted by atomic mass is 9.92. The SMILES string of the molecule is Cc1c(-c2n(-c3c(C(C)C)cccc3C(C)C)cc[n+]2C)ccc2ccncc12. The van der Waals surface area contributed by atoms with Crippen LogP contribution in [0.15, 0.2) is 61.2 Å². The maximum atomic E-state index is 4.36. The number of benzene rings is 2. The molecule has 0 N–H and O–H groups in total. The van der Waals surface area contributed by atoms with Gasteiger partial charge in [0, 0.05) is 28.9 Å². The predicted molar refractivity (Wildman–Crippen MR) is 121 cm³/mol. The van der Waals surface area contributed by atoms with Gasteiger partial charge in [-0.1, -0.05) is 52.0 Å².